The zero-order valence-electron chi connectivity index (χ0n) is 15.7. The van der Waals surface area contributed by atoms with E-state index >= 15 is 0 Å². The van der Waals surface area contributed by atoms with E-state index in [1.54, 1.807) is 25.1 Å². The standard InChI is InChI=1S/C21H22N2O5/c1-3-27-17-10-9-15-11-16(18(20(24)25)13(2)19(15)23-17)22-21(26)28-12-14-7-5-4-6-8-14/h4-11,13,18H,3,12H2,1-2H3,(H,22,26)(H,24,25). The summed E-state index contributed by atoms with van der Waals surface area (Å²) in [7, 11) is 0. The fourth-order valence-electron chi connectivity index (χ4n) is 3.20. The number of amides is 1. The Labute approximate surface area is 163 Å². The van der Waals surface area contributed by atoms with Crippen LogP contribution in [0.3, 0.4) is 0 Å². The predicted octanol–water partition coefficient (Wildman–Crippen LogP) is 3.57. The normalized spacial score (nSPS) is 17.9. The first-order chi connectivity index (χ1) is 13.5. The number of aromatic nitrogens is 1. The van der Waals surface area contributed by atoms with Gasteiger partial charge in [-0.2, -0.15) is 0 Å². The predicted molar refractivity (Wildman–Crippen MR) is 103 cm³/mol. The minimum Gasteiger partial charge on any atom is -0.481 e. The third kappa shape index (κ3) is 4.31. The third-order valence-electron chi connectivity index (χ3n) is 4.53. The Balaban J connectivity index is 1.79. The van der Waals surface area contributed by atoms with Gasteiger partial charge in [-0.1, -0.05) is 37.3 Å². The highest BCUT2D eigenvalue weighted by atomic mass is 16.5. The second kappa shape index (κ2) is 8.56. The molecule has 146 valence electrons. The third-order valence-corrected chi connectivity index (χ3v) is 4.53. The summed E-state index contributed by atoms with van der Waals surface area (Å²) in [4.78, 5) is 28.5. The van der Waals surface area contributed by atoms with Gasteiger partial charge in [0.25, 0.3) is 0 Å². The van der Waals surface area contributed by atoms with Crippen LogP contribution in [0.4, 0.5) is 4.79 Å². The molecule has 0 saturated carbocycles. The molecule has 7 heteroatoms. The molecule has 0 saturated heterocycles. The van der Waals surface area contributed by atoms with Crippen molar-refractivity contribution >= 4 is 18.1 Å². The first kappa shape index (κ1) is 19.4. The highest BCUT2D eigenvalue weighted by Gasteiger charge is 2.36. The zero-order valence-corrected chi connectivity index (χ0v) is 15.7. The number of nitrogens with one attached hydrogen (secondary N) is 1. The molecule has 2 unspecified atom stereocenters. The van der Waals surface area contributed by atoms with Crippen molar-refractivity contribution in [1.82, 2.24) is 10.3 Å². The van der Waals surface area contributed by atoms with Gasteiger partial charge < -0.3 is 14.6 Å². The molecule has 0 bridgehead atoms. The summed E-state index contributed by atoms with van der Waals surface area (Å²) in [6.45, 7) is 4.19. The molecule has 7 nitrogen and oxygen atoms in total. The van der Waals surface area contributed by atoms with E-state index < -0.39 is 23.9 Å². The average Bonchev–Trinajstić information content (AvgIpc) is 2.68. The molecule has 2 atom stereocenters. The van der Waals surface area contributed by atoms with Gasteiger partial charge in [-0.3, -0.25) is 10.1 Å². The van der Waals surface area contributed by atoms with Crippen molar-refractivity contribution in [3.63, 3.8) is 0 Å². The van der Waals surface area contributed by atoms with Crippen LogP contribution in [0.25, 0.3) is 6.08 Å². The monoisotopic (exact) mass is 382 g/mol. The van der Waals surface area contributed by atoms with Crippen molar-refractivity contribution in [2.75, 3.05) is 6.61 Å². The summed E-state index contributed by atoms with van der Waals surface area (Å²) < 4.78 is 10.6. The molecule has 2 N–H and O–H groups in total. The van der Waals surface area contributed by atoms with Crippen LogP contribution in [0, 0.1) is 5.92 Å². The summed E-state index contributed by atoms with van der Waals surface area (Å²) in [6.07, 6.45) is 0.927. The molecule has 1 aliphatic rings. The zero-order chi connectivity index (χ0) is 20.1. The lowest BCUT2D eigenvalue weighted by molar-refractivity contribution is -0.141. The summed E-state index contributed by atoms with van der Waals surface area (Å²) >= 11 is 0. The number of fused-ring (bicyclic) bond motifs is 1. The first-order valence-electron chi connectivity index (χ1n) is 9.05. The second-order valence-corrected chi connectivity index (χ2v) is 6.45. The van der Waals surface area contributed by atoms with E-state index in [2.05, 4.69) is 10.3 Å². The summed E-state index contributed by atoms with van der Waals surface area (Å²) in [6, 6.07) is 12.8. The number of hydrogen-bond donors (Lipinski definition) is 2. The van der Waals surface area contributed by atoms with Crippen molar-refractivity contribution in [3.8, 4) is 5.88 Å². The number of hydrogen-bond acceptors (Lipinski definition) is 5. The fourth-order valence-corrected chi connectivity index (χ4v) is 3.20. The van der Waals surface area contributed by atoms with Gasteiger partial charge in [-0.25, -0.2) is 9.78 Å². The lowest BCUT2D eigenvalue weighted by atomic mass is 9.81. The molecule has 0 spiro atoms. The van der Waals surface area contributed by atoms with Gasteiger partial charge in [-0.05, 0) is 30.2 Å². The number of alkyl carbamates (subject to hydrolysis) is 1. The number of aliphatic carboxylic acids is 1. The van der Waals surface area contributed by atoms with Crippen LogP contribution in [0.5, 0.6) is 5.88 Å². The number of benzene rings is 1. The molecular formula is C21H22N2O5. The van der Waals surface area contributed by atoms with Gasteiger partial charge in [0.15, 0.2) is 0 Å². The number of rotatable bonds is 6. The van der Waals surface area contributed by atoms with E-state index in [1.807, 2.05) is 37.3 Å². The number of carboxylic acids is 1. The van der Waals surface area contributed by atoms with Crippen molar-refractivity contribution < 1.29 is 24.2 Å². The molecular weight excluding hydrogens is 360 g/mol. The maximum atomic E-state index is 12.2. The largest absolute Gasteiger partial charge is 0.481 e. The van der Waals surface area contributed by atoms with Crippen LogP contribution in [-0.2, 0) is 16.1 Å². The Morgan fingerprint density at radius 1 is 1.18 bits per heavy atom. The average molecular weight is 382 g/mol. The van der Waals surface area contributed by atoms with Crippen LogP contribution < -0.4 is 10.1 Å². The van der Waals surface area contributed by atoms with E-state index in [9.17, 15) is 14.7 Å². The minimum absolute atomic E-state index is 0.100. The van der Waals surface area contributed by atoms with Gasteiger partial charge in [0.2, 0.25) is 5.88 Å². The van der Waals surface area contributed by atoms with Crippen molar-refractivity contribution in [2.24, 2.45) is 5.92 Å². The summed E-state index contributed by atoms with van der Waals surface area (Å²) in [5, 5.41) is 12.3. The number of ether oxygens (including phenoxy) is 2. The van der Waals surface area contributed by atoms with Crippen LogP contribution in [-0.4, -0.2) is 28.8 Å². The van der Waals surface area contributed by atoms with Gasteiger partial charge in [0.1, 0.15) is 12.5 Å². The lowest BCUT2D eigenvalue weighted by Crippen LogP contribution is -2.36. The lowest BCUT2D eigenvalue weighted by Gasteiger charge is -2.28. The van der Waals surface area contributed by atoms with E-state index in [0.29, 0.717) is 18.2 Å². The van der Waals surface area contributed by atoms with Gasteiger partial charge in [0.05, 0.1) is 12.3 Å². The van der Waals surface area contributed by atoms with E-state index in [1.165, 1.54) is 0 Å². The molecule has 3 rings (SSSR count). The number of carbonyl (C=O) groups is 2. The number of carbonyl (C=O) groups excluding carboxylic acids is 1. The molecule has 28 heavy (non-hydrogen) atoms. The molecule has 0 fully saturated rings. The second-order valence-electron chi connectivity index (χ2n) is 6.45. The number of pyridine rings is 1. The van der Waals surface area contributed by atoms with E-state index in [-0.39, 0.29) is 12.3 Å². The van der Waals surface area contributed by atoms with Crippen molar-refractivity contribution in [3.05, 3.63) is 65.0 Å². The highest BCUT2D eigenvalue weighted by molar-refractivity contribution is 5.83. The minimum atomic E-state index is -1.05. The molecule has 1 amide bonds. The van der Waals surface area contributed by atoms with Gasteiger partial charge in [0, 0.05) is 17.7 Å². The van der Waals surface area contributed by atoms with E-state index in [0.717, 1.165) is 11.1 Å². The van der Waals surface area contributed by atoms with Crippen molar-refractivity contribution in [2.45, 2.75) is 26.4 Å². The number of carboxylic acid groups (broad SMARTS) is 1. The fraction of sp³-hybridized carbons (Fsp3) is 0.286. The van der Waals surface area contributed by atoms with Crippen molar-refractivity contribution in [1.29, 1.82) is 0 Å². The summed E-state index contributed by atoms with van der Waals surface area (Å²) in [5.74, 6) is -1.98. The molecule has 1 aromatic carbocycles. The van der Waals surface area contributed by atoms with Gasteiger partial charge in [-0.15, -0.1) is 0 Å². The van der Waals surface area contributed by atoms with Gasteiger partial charge >= 0.3 is 12.1 Å². The Bertz CT molecular complexity index is 895. The Morgan fingerprint density at radius 2 is 1.93 bits per heavy atom. The molecule has 1 aliphatic carbocycles. The Morgan fingerprint density at radius 3 is 2.61 bits per heavy atom. The number of nitrogens with zero attached hydrogens (tertiary/aromatic N) is 1. The summed E-state index contributed by atoms with van der Waals surface area (Å²) in [5.41, 5.74) is 2.49. The van der Waals surface area contributed by atoms with Crippen LogP contribution in [0.2, 0.25) is 0 Å². The highest BCUT2D eigenvalue weighted by Crippen LogP contribution is 2.37. The topological polar surface area (TPSA) is 97.8 Å². The maximum absolute atomic E-state index is 12.2. The first-order valence-corrected chi connectivity index (χ1v) is 9.05. The molecule has 1 heterocycles. The maximum Gasteiger partial charge on any atom is 0.411 e. The molecule has 1 aromatic heterocycles. The molecule has 0 aliphatic heterocycles. The molecule has 2 aromatic rings. The van der Waals surface area contributed by atoms with Crippen LogP contribution in [0.15, 0.2) is 48.2 Å². The molecule has 0 radical (unpaired) electrons. The van der Waals surface area contributed by atoms with Crippen LogP contribution >= 0.6 is 0 Å². The van der Waals surface area contributed by atoms with Crippen LogP contribution in [0.1, 0.15) is 36.6 Å². The van der Waals surface area contributed by atoms with E-state index in [4.69, 9.17) is 9.47 Å². The SMILES string of the molecule is CCOc1ccc2c(n1)C(C)C(C(=O)O)C(NC(=O)OCc1ccccc1)=C2. The Kier molecular flexibility index (Phi) is 5.93. The Hall–Kier alpha value is -3.35. The quantitative estimate of drug-likeness (QED) is 0.793. The smallest absolute Gasteiger partial charge is 0.411 e.